The van der Waals surface area contributed by atoms with E-state index in [2.05, 4.69) is 153 Å². The minimum atomic E-state index is -0.308. The quantitative estimate of drug-likeness (QED) is 0.0179. The van der Waals surface area contributed by atoms with E-state index < -0.39 is 0 Å². The summed E-state index contributed by atoms with van der Waals surface area (Å²) in [6.07, 6.45) is 17.0. The van der Waals surface area contributed by atoms with Crippen molar-refractivity contribution >= 4 is 85.8 Å². The summed E-state index contributed by atoms with van der Waals surface area (Å²) in [4.78, 5) is 114. The van der Waals surface area contributed by atoms with Gasteiger partial charge in [-0.25, -0.2) is 4.98 Å². The van der Waals surface area contributed by atoms with Crippen LogP contribution < -0.4 is 26.6 Å². The van der Waals surface area contributed by atoms with E-state index in [0.717, 1.165) is 163 Å². The van der Waals surface area contributed by atoms with Crippen molar-refractivity contribution in [2.24, 2.45) is 0 Å². The number of hydrogen-bond acceptors (Lipinski definition) is 14. The van der Waals surface area contributed by atoms with Crippen molar-refractivity contribution in [1.29, 1.82) is 0 Å². The molecule has 0 atom stereocenters. The Morgan fingerprint density at radius 2 is 0.662 bits per heavy atom. The molecule has 15 aromatic rings. The van der Waals surface area contributed by atoms with E-state index in [4.69, 9.17) is 0 Å². The maximum Gasteiger partial charge on any atom is 0.232 e. The molecule has 20 heteroatoms. The first kappa shape index (κ1) is 101. The third kappa shape index (κ3) is 31.0. The second-order valence-corrected chi connectivity index (χ2v) is 36.8. The molecule has 3 fully saturated rings. The predicted molar refractivity (Wildman–Crippen MR) is 574 cm³/mol. The summed E-state index contributed by atoms with van der Waals surface area (Å²) in [6, 6.07) is 109. The zero-order valence-electron chi connectivity index (χ0n) is 81.7. The van der Waals surface area contributed by atoms with Gasteiger partial charge in [0.05, 0.1) is 25.7 Å². The van der Waals surface area contributed by atoms with Crippen molar-refractivity contribution < 1.29 is 38.4 Å². The molecule has 3 aromatic heterocycles. The van der Waals surface area contributed by atoms with Crippen LogP contribution in [0.3, 0.4) is 0 Å². The Kier molecular flexibility index (Phi) is 37.8. The molecule has 0 radical (unpaired) electrons. The number of aromatic nitrogens is 3. The molecule has 5 N–H and O–H groups in total. The van der Waals surface area contributed by atoms with Gasteiger partial charge in [-0.05, 0) is 218 Å². The average Bonchev–Trinajstić information content (AvgIpc) is 1.67. The number of amides is 4. The lowest BCUT2D eigenvalue weighted by Crippen LogP contribution is -2.38. The third-order valence-electron chi connectivity index (χ3n) is 26.7. The van der Waals surface area contributed by atoms with Crippen LogP contribution in [0, 0.1) is 0 Å². The molecule has 726 valence electrons. The SMILES string of the molecule is CCN(CC)CCn1ccc2cc(NC(=O)CC(=O)c3ccc(-c4ccccc4)cc3)ccc21.O=C(CC(=O)c1ccc(-c2ccccc2)cc1)NCCc1ccc(CN2CCC(Nc3ccccn3)CC2)cc1.O=C(CC(=O)c1ccc(-c2ccccc2)cc1)NCCc1ccc(CN2CCCC2)cc1.O=C(CC(=O)c1ccc(-c2ccccc2)cc1)Nc1ccc2c(ccn2CCN2CCCCCC2)c1. The molecule has 3 saturated heterocycles. The Labute approximate surface area is 835 Å². The molecule has 0 aliphatic carbocycles. The summed E-state index contributed by atoms with van der Waals surface area (Å²) in [5.74, 6) is -0.833. The van der Waals surface area contributed by atoms with Crippen molar-refractivity contribution in [3.8, 4) is 44.5 Å². The van der Waals surface area contributed by atoms with Crippen LogP contribution in [0.2, 0.25) is 0 Å². The number of nitrogens with zero attached hydrogens (tertiary/aromatic N) is 7. The van der Waals surface area contributed by atoms with E-state index in [-0.39, 0.29) is 72.4 Å². The van der Waals surface area contributed by atoms with E-state index in [1.54, 1.807) is 48.5 Å². The zero-order chi connectivity index (χ0) is 98.4. The molecule has 0 saturated carbocycles. The van der Waals surface area contributed by atoms with E-state index in [1.165, 1.54) is 87.0 Å². The van der Waals surface area contributed by atoms with Crippen LogP contribution in [-0.4, -0.2) is 165 Å². The number of benzene rings is 12. The minimum absolute atomic E-state index is 0.126. The Bertz CT molecular complexity index is 6560. The molecule has 18 rings (SSSR count). The monoisotopic (exact) mass is 1890 g/mol. The first-order chi connectivity index (χ1) is 69.5. The number of anilines is 3. The standard InChI is InChI=1S/C34H36N4O2.C31H33N3O2.C29H31N3O2.C28H30N2O2/c39-32(30-15-13-29(14-16-30)28-6-2-1-3-7-28)24-34(40)36-21-17-26-9-11-27(12-10-26)25-38-22-18-31(19-23-38)37-33-8-4-5-20-35-33;35-30(26-12-10-25(11-13-26)24-8-4-3-5-9-24)23-31(36)32-28-14-15-29-27(22-28)16-19-34(29)21-20-33-17-6-1-2-7-18-33;1-3-31(4-2)18-19-32-17-16-25-20-26(14-15-27(25)32)30-29(34)21-28(33)24-12-10-23(11-13-24)22-8-6-5-7-9-22;31-27(26-14-12-25(13-15-26)24-6-2-1-3-7-24)20-28(32)29-17-16-22-8-10-23(11-9-22)21-30-18-4-5-19-30/h1-16,20,31H,17-19,21-25H2,(H,35,37)(H,36,40);3-5,8-16,19,22H,1-2,6-7,17-18,20-21,23H2,(H,32,36);5-17,20H,3-4,18-19,21H2,1-2H3,(H,30,34);1-3,6-15H,4-5,16-21H2,(H,29,32). The van der Waals surface area contributed by atoms with E-state index in [0.29, 0.717) is 52.8 Å². The van der Waals surface area contributed by atoms with E-state index in [1.807, 2.05) is 225 Å². The van der Waals surface area contributed by atoms with Crippen molar-refractivity contribution in [3.05, 3.63) is 397 Å². The summed E-state index contributed by atoms with van der Waals surface area (Å²) < 4.78 is 4.52. The molecule has 0 unspecified atom stereocenters. The van der Waals surface area contributed by atoms with Crippen LogP contribution >= 0.6 is 0 Å². The van der Waals surface area contributed by atoms with Crippen LogP contribution in [0.15, 0.2) is 352 Å². The summed E-state index contributed by atoms with van der Waals surface area (Å²) in [5.41, 5.74) is 19.5. The number of likely N-dealkylation sites (N-methyl/N-ethyl adjacent to an activating group) is 1. The second-order valence-electron chi connectivity index (χ2n) is 36.8. The number of nitrogens with one attached hydrogen (secondary N) is 5. The predicted octanol–water partition coefficient (Wildman–Crippen LogP) is 22.9. The first-order valence-electron chi connectivity index (χ1n) is 50.3. The molecule has 0 bridgehead atoms. The number of rotatable bonds is 38. The summed E-state index contributed by atoms with van der Waals surface area (Å²) >= 11 is 0. The summed E-state index contributed by atoms with van der Waals surface area (Å²) in [5, 5.41) is 17.2. The number of carbonyl (C=O) groups is 8. The number of pyridine rings is 1. The van der Waals surface area contributed by atoms with Crippen LogP contribution in [-0.2, 0) is 58.2 Å². The number of hydrogen-bond donors (Lipinski definition) is 5. The van der Waals surface area contributed by atoms with Crippen molar-refractivity contribution in [2.45, 2.75) is 136 Å². The van der Waals surface area contributed by atoms with Crippen LogP contribution in [0.5, 0.6) is 0 Å². The molecule has 6 heterocycles. The number of Topliss-reactive ketones (excluding diaryl/α,β-unsaturated/α-hetero) is 4. The van der Waals surface area contributed by atoms with E-state index >= 15 is 0 Å². The van der Waals surface area contributed by atoms with E-state index in [9.17, 15) is 38.4 Å². The Morgan fingerprint density at radius 1 is 0.324 bits per heavy atom. The lowest BCUT2D eigenvalue weighted by Gasteiger charge is -2.32. The molecule has 20 nitrogen and oxygen atoms in total. The smallest absolute Gasteiger partial charge is 0.232 e. The molecule has 0 spiro atoms. The highest BCUT2D eigenvalue weighted by Crippen LogP contribution is 2.30. The number of likely N-dealkylation sites (tertiary alicyclic amines) is 3. The largest absolute Gasteiger partial charge is 0.367 e. The lowest BCUT2D eigenvalue weighted by atomic mass is 10.0. The zero-order valence-corrected chi connectivity index (χ0v) is 81.7. The number of fused-ring (bicyclic) bond motifs is 2. The van der Waals surface area contributed by atoms with Gasteiger partial charge in [0.25, 0.3) is 0 Å². The van der Waals surface area contributed by atoms with Gasteiger partial charge in [-0.2, -0.15) is 0 Å². The molecule has 4 amide bonds. The van der Waals surface area contributed by atoms with Crippen molar-refractivity contribution in [3.63, 3.8) is 0 Å². The maximum absolute atomic E-state index is 12.7. The fourth-order valence-corrected chi connectivity index (χ4v) is 18.5. The Hall–Kier alpha value is -14.9. The highest BCUT2D eigenvalue weighted by molar-refractivity contribution is 6.13. The number of ketones is 4. The van der Waals surface area contributed by atoms with Gasteiger partial charge >= 0.3 is 0 Å². The third-order valence-corrected chi connectivity index (χ3v) is 26.7. The fraction of sp³-hybridized carbons (Fsp3) is 0.270. The summed E-state index contributed by atoms with van der Waals surface area (Å²) in [7, 11) is 0. The molecular weight excluding hydrogens is 1760 g/mol. The van der Waals surface area contributed by atoms with Gasteiger partial charge in [0.15, 0.2) is 23.1 Å². The molecule has 3 aliphatic heterocycles. The Morgan fingerprint density at radius 3 is 1.04 bits per heavy atom. The molecular formula is C122H130N12O8. The maximum atomic E-state index is 12.7. The fourth-order valence-electron chi connectivity index (χ4n) is 18.5. The van der Waals surface area contributed by atoms with Crippen LogP contribution in [0.4, 0.5) is 17.2 Å². The van der Waals surface area contributed by atoms with Gasteiger partial charge in [0.2, 0.25) is 23.6 Å². The van der Waals surface area contributed by atoms with Gasteiger partial charge in [0.1, 0.15) is 5.82 Å². The van der Waals surface area contributed by atoms with Crippen LogP contribution in [0.1, 0.15) is 155 Å². The summed E-state index contributed by atoms with van der Waals surface area (Å²) in [6.45, 7) is 20.3. The minimum Gasteiger partial charge on any atom is -0.367 e. The van der Waals surface area contributed by atoms with Gasteiger partial charge in [-0.1, -0.05) is 300 Å². The van der Waals surface area contributed by atoms with Gasteiger partial charge < -0.3 is 45.5 Å². The topological polar surface area (TPSA) is 232 Å². The lowest BCUT2D eigenvalue weighted by molar-refractivity contribution is -0.121. The van der Waals surface area contributed by atoms with Crippen molar-refractivity contribution in [2.75, 3.05) is 94.5 Å². The number of piperidine rings is 1. The van der Waals surface area contributed by atoms with Crippen molar-refractivity contribution in [1.82, 2.24) is 44.4 Å². The molecule has 12 aromatic carbocycles. The molecule has 142 heavy (non-hydrogen) atoms. The highest BCUT2D eigenvalue weighted by Gasteiger charge is 2.23. The highest BCUT2D eigenvalue weighted by atomic mass is 16.2. The average molecular weight is 1890 g/mol. The van der Waals surface area contributed by atoms with Gasteiger partial charge in [-0.15, -0.1) is 0 Å². The second kappa shape index (κ2) is 52.9. The van der Waals surface area contributed by atoms with Crippen LogP contribution in [0.25, 0.3) is 66.3 Å². The normalized spacial score (nSPS) is 13.4. The first-order valence-corrected chi connectivity index (χ1v) is 50.3. The number of carbonyl (C=O) groups excluding carboxylic acids is 8. The Balaban J connectivity index is 0.000000143. The van der Waals surface area contributed by atoms with Gasteiger partial charge in [0, 0.05) is 146 Å². The van der Waals surface area contributed by atoms with Gasteiger partial charge in [-0.3, -0.25) is 48.2 Å². The molecule has 3 aliphatic rings.